The molecule has 0 aliphatic rings. The van der Waals surface area contributed by atoms with Crippen LogP contribution in [0.3, 0.4) is 0 Å². The average molecular weight is 539 g/mol. The van der Waals surface area contributed by atoms with Crippen molar-refractivity contribution in [2.45, 2.75) is 25.9 Å². The first kappa shape index (κ1) is 27.6. The second-order valence-corrected chi connectivity index (χ2v) is 9.03. The number of rotatable bonds is 11. The SMILES string of the molecule is O=C(NCc1ccc([N+](=O)[O-])cc1)c1ccccc1CCc1ccccc1C(=O)NCc1ccc([N+](=O)[O-])cc1. The van der Waals surface area contributed by atoms with Gasteiger partial charge in [-0.05, 0) is 47.2 Å². The van der Waals surface area contributed by atoms with Crippen molar-refractivity contribution in [1.82, 2.24) is 10.6 Å². The summed E-state index contributed by atoms with van der Waals surface area (Å²) < 4.78 is 0. The third-order valence-electron chi connectivity index (χ3n) is 6.39. The van der Waals surface area contributed by atoms with Gasteiger partial charge in [0.25, 0.3) is 23.2 Å². The minimum Gasteiger partial charge on any atom is -0.348 e. The number of nitrogens with zero attached hydrogens (tertiary/aromatic N) is 2. The molecule has 0 aliphatic heterocycles. The number of non-ortho nitro benzene ring substituents is 2. The molecular formula is C30H26N4O6. The number of benzene rings is 4. The fourth-order valence-corrected chi connectivity index (χ4v) is 4.22. The molecular weight excluding hydrogens is 512 g/mol. The van der Waals surface area contributed by atoms with Crippen LogP contribution in [0.5, 0.6) is 0 Å². The lowest BCUT2D eigenvalue weighted by atomic mass is 9.96. The van der Waals surface area contributed by atoms with E-state index in [9.17, 15) is 29.8 Å². The minimum atomic E-state index is -0.473. The molecule has 0 fully saturated rings. The summed E-state index contributed by atoms with van der Waals surface area (Å²) in [7, 11) is 0. The van der Waals surface area contributed by atoms with Gasteiger partial charge in [0.05, 0.1) is 9.85 Å². The second-order valence-electron chi connectivity index (χ2n) is 9.03. The molecule has 40 heavy (non-hydrogen) atoms. The topological polar surface area (TPSA) is 144 Å². The van der Waals surface area contributed by atoms with Crippen LogP contribution in [-0.2, 0) is 25.9 Å². The van der Waals surface area contributed by atoms with E-state index in [2.05, 4.69) is 10.6 Å². The third kappa shape index (κ3) is 7.13. The number of nitrogens with one attached hydrogen (secondary N) is 2. The fraction of sp³-hybridized carbons (Fsp3) is 0.133. The molecule has 0 bridgehead atoms. The maximum atomic E-state index is 13.0. The maximum Gasteiger partial charge on any atom is 0.269 e. The Labute approximate surface area is 230 Å². The molecule has 2 N–H and O–H groups in total. The Balaban J connectivity index is 1.38. The van der Waals surface area contributed by atoms with Crippen molar-refractivity contribution in [3.63, 3.8) is 0 Å². The molecule has 4 rings (SSSR count). The number of nitro groups is 2. The van der Waals surface area contributed by atoms with E-state index in [1.807, 2.05) is 24.3 Å². The first-order valence-corrected chi connectivity index (χ1v) is 12.5. The zero-order chi connectivity index (χ0) is 28.5. The predicted molar refractivity (Wildman–Crippen MR) is 149 cm³/mol. The summed E-state index contributed by atoms with van der Waals surface area (Å²) in [6, 6.07) is 26.5. The van der Waals surface area contributed by atoms with Gasteiger partial charge in [0.15, 0.2) is 0 Å². The van der Waals surface area contributed by atoms with Crippen molar-refractivity contribution in [2.75, 3.05) is 0 Å². The van der Waals surface area contributed by atoms with Crippen molar-refractivity contribution >= 4 is 23.2 Å². The summed E-state index contributed by atoms with van der Waals surface area (Å²) in [5, 5.41) is 27.4. The van der Waals surface area contributed by atoms with E-state index in [4.69, 9.17) is 0 Å². The molecule has 4 aromatic rings. The van der Waals surface area contributed by atoms with Gasteiger partial charge in [0, 0.05) is 48.5 Å². The van der Waals surface area contributed by atoms with E-state index in [1.54, 1.807) is 48.5 Å². The zero-order valence-electron chi connectivity index (χ0n) is 21.4. The molecule has 0 aromatic heterocycles. The summed E-state index contributed by atoms with van der Waals surface area (Å²) in [6.45, 7) is 0.450. The molecule has 2 amide bonds. The van der Waals surface area contributed by atoms with Crippen LogP contribution in [0.4, 0.5) is 11.4 Å². The largest absolute Gasteiger partial charge is 0.348 e. The van der Waals surface area contributed by atoms with E-state index in [-0.39, 0.29) is 36.3 Å². The molecule has 4 aromatic carbocycles. The number of carbonyl (C=O) groups excluding carboxylic acids is 2. The number of amides is 2. The lowest BCUT2D eigenvalue weighted by Crippen LogP contribution is -2.25. The quantitative estimate of drug-likeness (QED) is 0.200. The molecule has 0 saturated heterocycles. The van der Waals surface area contributed by atoms with E-state index >= 15 is 0 Å². The van der Waals surface area contributed by atoms with Crippen LogP contribution < -0.4 is 10.6 Å². The molecule has 10 heteroatoms. The number of hydrogen-bond acceptors (Lipinski definition) is 6. The summed E-state index contributed by atoms with van der Waals surface area (Å²) in [5.74, 6) is -0.522. The Morgan fingerprint density at radius 1 is 0.550 bits per heavy atom. The summed E-state index contributed by atoms with van der Waals surface area (Å²) in [4.78, 5) is 46.6. The van der Waals surface area contributed by atoms with Gasteiger partial charge in [-0.2, -0.15) is 0 Å². The van der Waals surface area contributed by atoms with Gasteiger partial charge < -0.3 is 10.6 Å². The van der Waals surface area contributed by atoms with Gasteiger partial charge in [-0.25, -0.2) is 0 Å². The zero-order valence-corrected chi connectivity index (χ0v) is 21.4. The van der Waals surface area contributed by atoms with E-state index in [0.29, 0.717) is 24.0 Å². The average Bonchev–Trinajstić information content (AvgIpc) is 2.98. The van der Waals surface area contributed by atoms with Crippen molar-refractivity contribution in [2.24, 2.45) is 0 Å². The normalized spacial score (nSPS) is 10.5. The number of nitro benzene ring substituents is 2. The lowest BCUT2D eigenvalue weighted by Gasteiger charge is -2.13. The van der Waals surface area contributed by atoms with Crippen molar-refractivity contribution in [1.29, 1.82) is 0 Å². The number of hydrogen-bond donors (Lipinski definition) is 2. The Kier molecular flexibility index (Phi) is 8.93. The van der Waals surface area contributed by atoms with Crippen molar-refractivity contribution in [3.05, 3.63) is 151 Å². The van der Waals surface area contributed by atoms with Gasteiger partial charge in [0.2, 0.25) is 0 Å². The van der Waals surface area contributed by atoms with Crippen LogP contribution >= 0.6 is 0 Å². The molecule has 0 heterocycles. The smallest absolute Gasteiger partial charge is 0.269 e. The Morgan fingerprint density at radius 3 is 1.25 bits per heavy atom. The molecule has 0 aliphatic carbocycles. The first-order valence-electron chi connectivity index (χ1n) is 12.5. The monoisotopic (exact) mass is 538 g/mol. The maximum absolute atomic E-state index is 13.0. The summed E-state index contributed by atoms with van der Waals surface area (Å²) in [6.07, 6.45) is 1.04. The van der Waals surface area contributed by atoms with Crippen LogP contribution in [0.15, 0.2) is 97.1 Å². The van der Waals surface area contributed by atoms with Crippen LogP contribution in [0.2, 0.25) is 0 Å². The highest BCUT2D eigenvalue weighted by molar-refractivity contribution is 5.96. The van der Waals surface area contributed by atoms with Gasteiger partial charge in [-0.3, -0.25) is 29.8 Å². The van der Waals surface area contributed by atoms with Crippen LogP contribution in [-0.4, -0.2) is 21.7 Å². The second kappa shape index (κ2) is 12.9. The molecule has 0 radical (unpaired) electrons. The molecule has 10 nitrogen and oxygen atoms in total. The van der Waals surface area contributed by atoms with E-state index in [0.717, 1.165) is 22.3 Å². The fourth-order valence-electron chi connectivity index (χ4n) is 4.22. The van der Waals surface area contributed by atoms with Gasteiger partial charge >= 0.3 is 0 Å². The predicted octanol–water partition coefficient (Wildman–Crippen LogP) is 5.15. The highest BCUT2D eigenvalue weighted by Crippen LogP contribution is 2.17. The minimum absolute atomic E-state index is 0.0132. The highest BCUT2D eigenvalue weighted by Gasteiger charge is 2.15. The lowest BCUT2D eigenvalue weighted by molar-refractivity contribution is -0.385. The van der Waals surface area contributed by atoms with Crippen molar-refractivity contribution < 1.29 is 19.4 Å². The van der Waals surface area contributed by atoms with Gasteiger partial charge in [-0.15, -0.1) is 0 Å². The molecule has 0 atom stereocenters. The Hall–Kier alpha value is -5.38. The highest BCUT2D eigenvalue weighted by atomic mass is 16.6. The number of aryl methyl sites for hydroxylation is 2. The summed E-state index contributed by atoms with van der Waals surface area (Å²) >= 11 is 0. The molecule has 202 valence electrons. The van der Waals surface area contributed by atoms with Gasteiger partial charge in [0.1, 0.15) is 0 Å². The van der Waals surface area contributed by atoms with Crippen LogP contribution in [0.25, 0.3) is 0 Å². The number of carbonyl (C=O) groups is 2. The van der Waals surface area contributed by atoms with E-state index < -0.39 is 9.85 Å². The molecule has 0 saturated carbocycles. The standard InChI is InChI=1S/C30H26N4O6/c35-29(31-19-21-9-15-25(16-10-21)33(37)38)27-7-3-1-5-23(27)13-14-24-6-2-4-8-28(24)30(36)32-20-22-11-17-26(18-12-22)34(39)40/h1-12,15-18H,13-14,19-20H2,(H,31,35)(H,32,36). The Morgan fingerprint density at radius 2 is 0.900 bits per heavy atom. The first-order chi connectivity index (χ1) is 19.3. The van der Waals surface area contributed by atoms with Gasteiger partial charge in [-0.1, -0.05) is 60.7 Å². The van der Waals surface area contributed by atoms with Crippen LogP contribution in [0.1, 0.15) is 43.0 Å². The van der Waals surface area contributed by atoms with E-state index in [1.165, 1.54) is 24.3 Å². The molecule has 0 unspecified atom stereocenters. The molecule has 0 spiro atoms. The van der Waals surface area contributed by atoms with Crippen LogP contribution in [0, 0.1) is 20.2 Å². The van der Waals surface area contributed by atoms with Crippen molar-refractivity contribution in [3.8, 4) is 0 Å². The summed E-state index contributed by atoms with van der Waals surface area (Å²) in [5.41, 5.74) is 4.14. The third-order valence-corrected chi connectivity index (χ3v) is 6.39. The Bertz CT molecular complexity index is 1420.